The predicted molar refractivity (Wildman–Crippen MR) is 133 cm³/mol. The molecule has 0 amide bonds. The van der Waals surface area contributed by atoms with Crippen molar-refractivity contribution in [2.24, 2.45) is 0 Å². The van der Waals surface area contributed by atoms with Crippen LogP contribution < -0.4 is 9.47 Å². The van der Waals surface area contributed by atoms with Crippen LogP contribution in [-0.2, 0) is 15.0 Å². The van der Waals surface area contributed by atoms with Gasteiger partial charge in [0.2, 0.25) is 0 Å². The first-order chi connectivity index (χ1) is 16.9. The summed E-state index contributed by atoms with van der Waals surface area (Å²) in [5.74, 6) is 6.99. The molecule has 4 heterocycles. The van der Waals surface area contributed by atoms with Crippen molar-refractivity contribution < 1.29 is 19.1 Å². The zero-order valence-electron chi connectivity index (χ0n) is 19.3. The van der Waals surface area contributed by atoms with E-state index in [9.17, 15) is 9.59 Å². The van der Waals surface area contributed by atoms with E-state index in [-0.39, 0.29) is 11.2 Å². The van der Waals surface area contributed by atoms with Gasteiger partial charge in [-0.3, -0.25) is 19.6 Å². The second-order valence-corrected chi connectivity index (χ2v) is 9.42. The van der Waals surface area contributed by atoms with E-state index in [1.807, 2.05) is 12.1 Å². The third-order valence-electron chi connectivity index (χ3n) is 4.98. The van der Waals surface area contributed by atoms with Gasteiger partial charge in [-0.2, -0.15) is 0 Å². The van der Waals surface area contributed by atoms with E-state index in [2.05, 4.69) is 59.0 Å². The maximum Gasteiger partial charge on any atom is 0.298 e. The summed E-state index contributed by atoms with van der Waals surface area (Å²) in [5, 5.41) is 2.13. The zero-order chi connectivity index (χ0) is 24.8. The summed E-state index contributed by atoms with van der Waals surface area (Å²) in [7, 11) is 0. The molecule has 0 atom stereocenters. The molecular weight excluding hydrogens is 462 g/mol. The minimum Gasteiger partial charge on any atom is -0.429 e. The fourth-order valence-electron chi connectivity index (χ4n) is 3.15. The first-order valence-corrected chi connectivity index (χ1v) is 11.5. The minimum atomic E-state index is 0.0754. The number of aromatic nitrogens is 3. The standard InChI is InChI=1S/C27H21N3O4S/c1-27(2,3)19-11-22(35-15-19)5-4-18-6-8-28-23(10-18)25-13-21(34-17-32)14-26(30-25)24-12-20(33-16-31)7-9-29-24/h6-17H,1-3H3. The molecule has 0 aliphatic rings. The van der Waals surface area contributed by atoms with Gasteiger partial charge in [0.1, 0.15) is 11.5 Å². The topological polar surface area (TPSA) is 91.3 Å². The van der Waals surface area contributed by atoms with Crippen LogP contribution in [0.1, 0.15) is 36.8 Å². The molecule has 0 aliphatic carbocycles. The summed E-state index contributed by atoms with van der Waals surface area (Å²) in [6, 6.07) is 12.0. The molecule has 0 saturated heterocycles. The van der Waals surface area contributed by atoms with Gasteiger partial charge in [-0.1, -0.05) is 32.6 Å². The van der Waals surface area contributed by atoms with Gasteiger partial charge < -0.3 is 9.47 Å². The van der Waals surface area contributed by atoms with Crippen molar-refractivity contribution in [3.05, 3.63) is 76.2 Å². The van der Waals surface area contributed by atoms with Crippen molar-refractivity contribution in [3.63, 3.8) is 0 Å². The highest BCUT2D eigenvalue weighted by Gasteiger charge is 2.15. The van der Waals surface area contributed by atoms with Gasteiger partial charge in [-0.05, 0) is 40.6 Å². The summed E-state index contributed by atoms with van der Waals surface area (Å²) in [6.07, 6.45) is 3.15. The Labute approximate surface area is 206 Å². The number of nitrogens with zero attached hydrogens (tertiary/aromatic N) is 3. The Morgan fingerprint density at radius 1 is 0.800 bits per heavy atom. The smallest absolute Gasteiger partial charge is 0.298 e. The van der Waals surface area contributed by atoms with Crippen molar-refractivity contribution in [1.82, 2.24) is 15.0 Å². The number of thiophene rings is 1. The van der Waals surface area contributed by atoms with E-state index >= 15 is 0 Å². The van der Waals surface area contributed by atoms with Crippen LogP contribution >= 0.6 is 11.3 Å². The second-order valence-electron chi connectivity index (χ2n) is 8.51. The van der Waals surface area contributed by atoms with Crippen LogP contribution in [0.25, 0.3) is 22.8 Å². The number of hydrogen-bond acceptors (Lipinski definition) is 8. The molecule has 7 nitrogen and oxygen atoms in total. The Balaban J connectivity index is 1.69. The number of rotatable bonds is 6. The first-order valence-electron chi connectivity index (χ1n) is 10.6. The molecule has 0 unspecified atom stereocenters. The summed E-state index contributed by atoms with van der Waals surface area (Å²) >= 11 is 1.62. The SMILES string of the molecule is CC(C)(C)c1csc(C#Cc2ccnc(-c3cc(OC=O)cc(-c4cc(OC=O)ccn4)n3)c2)c1. The molecule has 0 N–H and O–H groups in total. The van der Waals surface area contributed by atoms with Crippen LogP contribution in [0.3, 0.4) is 0 Å². The molecule has 8 heteroatoms. The number of pyridine rings is 3. The highest BCUT2D eigenvalue weighted by molar-refractivity contribution is 7.10. The lowest BCUT2D eigenvalue weighted by Crippen LogP contribution is -2.08. The molecular formula is C27H21N3O4S. The molecule has 0 bridgehead atoms. The van der Waals surface area contributed by atoms with Gasteiger partial charge in [0.25, 0.3) is 12.9 Å². The molecule has 4 rings (SSSR count). The van der Waals surface area contributed by atoms with Crippen LogP contribution in [0.15, 0.2) is 60.2 Å². The van der Waals surface area contributed by atoms with E-state index in [0.717, 1.165) is 10.4 Å². The minimum absolute atomic E-state index is 0.0754. The summed E-state index contributed by atoms with van der Waals surface area (Å²) in [4.78, 5) is 36.0. The highest BCUT2D eigenvalue weighted by Crippen LogP contribution is 2.29. The summed E-state index contributed by atoms with van der Waals surface area (Å²) in [5.41, 5.74) is 3.97. The average molecular weight is 484 g/mol. The van der Waals surface area contributed by atoms with Crippen molar-refractivity contribution in [3.8, 4) is 46.1 Å². The molecule has 0 radical (unpaired) electrons. The Bertz CT molecular complexity index is 1440. The van der Waals surface area contributed by atoms with Crippen LogP contribution in [0.5, 0.6) is 11.5 Å². The number of carbonyl (C=O) groups is 2. The van der Waals surface area contributed by atoms with E-state index < -0.39 is 0 Å². The average Bonchev–Trinajstić information content (AvgIpc) is 3.33. The van der Waals surface area contributed by atoms with Gasteiger partial charge in [-0.25, -0.2) is 4.98 Å². The first kappa shape index (κ1) is 23.8. The van der Waals surface area contributed by atoms with E-state index in [0.29, 0.717) is 41.5 Å². The van der Waals surface area contributed by atoms with Crippen LogP contribution in [0.4, 0.5) is 0 Å². The largest absolute Gasteiger partial charge is 0.429 e. The third kappa shape index (κ3) is 5.96. The monoisotopic (exact) mass is 483 g/mol. The lowest BCUT2D eigenvalue weighted by atomic mass is 9.89. The van der Waals surface area contributed by atoms with Crippen molar-refractivity contribution in [2.45, 2.75) is 26.2 Å². The lowest BCUT2D eigenvalue weighted by molar-refractivity contribution is -0.121. The van der Waals surface area contributed by atoms with Crippen LogP contribution in [-0.4, -0.2) is 27.9 Å². The normalized spacial score (nSPS) is 10.7. The molecule has 174 valence electrons. The van der Waals surface area contributed by atoms with Gasteiger partial charge in [0, 0.05) is 36.2 Å². The molecule has 0 saturated carbocycles. The Kier molecular flexibility index (Phi) is 6.99. The van der Waals surface area contributed by atoms with E-state index in [1.165, 1.54) is 11.8 Å². The molecule has 4 aromatic rings. The maximum absolute atomic E-state index is 11.0. The fourth-order valence-corrected chi connectivity index (χ4v) is 4.13. The number of carbonyl (C=O) groups excluding carboxylic acids is 2. The number of hydrogen-bond donors (Lipinski definition) is 0. The quantitative estimate of drug-likeness (QED) is 0.280. The van der Waals surface area contributed by atoms with E-state index in [4.69, 9.17) is 9.47 Å². The van der Waals surface area contributed by atoms with Gasteiger partial charge >= 0.3 is 0 Å². The molecule has 0 aromatic carbocycles. The number of ether oxygens (including phenoxy) is 2. The summed E-state index contributed by atoms with van der Waals surface area (Å²) in [6.45, 7) is 7.19. The molecule has 4 aromatic heterocycles. The van der Waals surface area contributed by atoms with Crippen LogP contribution in [0, 0.1) is 11.8 Å². The van der Waals surface area contributed by atoms with Crippen molar-refractivity contribution >= 4 is 24.3 Å². The van der Waals surface area contributed by atoms with Gasteiger partial charge in [-0.15, -0.1) is 11.3 Å². The highest BCUT2D eigenvalue weighted by atomic mass is 32.1. The van der Waals surface area contributed by atoms with Gasteiger partial charge in [0.15, 0.2) is 0 Å². The summed E-state index contributed by atoms with van der Waals surface area (Å²) < 4.78 is 9.98. The van der Waals surface area contributed by atoms with Crippen molar-refractivity contribution in [1.29, 1.82) is 0 Å². The van der Waals surface area contributed by atoms with Gasteiger partial charge in [0.05, 0.1) is 27.7 Å². The fraction of sp³-hybridized carbons (Fsp3) is 0.148. The third-order valence-corrected chi connectivity index (χ3v) is 5.82. The maximum atomic E-state index is 11.0. The Morgan fingerprint density at radius 2 is 1.43 bits per heavy atom. The lowest BCUT2D eigenvalue weighted by Gasteiger charge is -2.15. The predicted octanol–water partition coefficient (Wildman–Crippen LogP) is 5.03. The second kappa shape index (κ2) is 10.3. The van der Waals surface area contributed by atoms with Crippen molar-refractivity contribution in [2.75, 3.05) is 0 Å². The van der Waals surface area contributed by atoms with Crippen LogP contribution in [0.2, 0.25) is 0 Å². The zero-order valence-corrected chi connectivity index (χ0v) is 20.1. The Morgan fingerprint density at radius 3 is 2.09 bits per heavy atom. The molecule has 35 heavy (non-hydrogen) atoms. The molecule has 0 aliphatic heterocycles. The molecule has 0 spiro atoms. The Hall–Kier alpha value is -4.35. The van der Waals surface area contributed by atoms with E-state index in [1.54, 1.807) is 41.8 Å². The molecule has 0 fully saturated rings.